The van der Waals surface area contributed by atoms with Crippen LogP contribution in [0.2, 0.25) is 0 Å². The average molecular weight is 255 g/mol. The summed E-state index contributed by atoms with van der Waals surface area (Å²) in [7, 11) is 0. The van der Waals surface area contributed by atoms with Crippen molar-refractivity contribution in [1.82, 2.24) is 4.98 Å². The van der Waals surface area contributed by atoms with E-state index < -0.39 is 0 Å². The summed E-state index contributed by atoms with van der Waals surface area (Å²) in [6.07, 6.45) is 1.79. The van der Waals surface area contributed by atoms with E-state index in [4.69, 9.17) is 0 Å². The topological polar surface area (TPSA) is 12.9 Å². The van der Waals surface area contributed by atoms with Gasteiger partial charge in [0.2, 0.25) is 0 Å². The summed E-state index contributed by atoms with van der Waals surface area (Å²) < 4.78 is 13.2. The number of halogens is 1. The van der Waals surface area contributed by atoms with Gasteiger partial charge in [-0.15, -0.1) is 11.3 Å². The molecule has 0 amide bonds. The molecule has 3 rings (SSSR count). The number of benzene rings is 2. The third kappa shape index (κ3) is 2.17. The second-order valence-electron chi connectivity index (χ2n) is 3.91. The second-order valence-corrected chi connectivity index (χ2v) is 4.94. The number of hydrogen-bond acceptors (Lipinski definition) is 2. The Labute approximate surface area is 109 Å². The van der Waals surface area contributed by atoms with E-state index >= 15 is 0 Å². The van der Waals surface area contributed by atoms with Crippen LogP contribution in [-0.2, 0) is 0 Å². The molecular formula is C15H10FNS. The zero-order valence-electron chi connectivity index (χ0n) is 9.51. The first-order valence-corrected chi connectivity index (χ1v) is 6.42. The van der Waals surface area contributed by atoms with E-state index in [-0.39, 0.29) is 5.82 Å². The van der Waals surface area contributed by atoms with Gasteiger partial charge in [0.25, 0.3) is 0 Å². The van der Waals surface area contributed by atoms with Crippen LogP contribution in [0.4, 0.5) is 4.39 Å². The van der Waals surface area contributed by atoms with E-state index in [1.54, 1.807) is 23.6 Å². The molecule has 88 valence electrons. The van der Waals surface area contributed by atoms with Crippen LogP contribution in [0, 0.1) is 5.82 Å². The first-order valence-electron chi connectivity index (χ1n) is 5.60. The van der Waals surface area contributed by atoms with Gasteiger partial charge in [0, 0.05) is 11.8 Å². The van der Waals surface area contributed by atoms with Crippen LogP contribution >= 0.6 is 11.3 Å². The van der Waals surface area contributed by atoms with E-state index in [2.05, 4.69) is 4.98 Å². The fourth-order valence-electron chi connectivity index (χ4n) is 1.76. The van der Waals surface area contributed by atoms with Crippen molar-refractivity contribution in [2.75, 3.05) is 0 Å². The van der Waals surface area contributed by atoms with Gasteiger partial charge in [0.05, 0.1) is 4.88 Å². The molecule has 3 aromatic rings. The van der Waals surface area contributed by atoms with Gasteiger partial charge in [-0.25, -0.2) is 9.37 Å². The molecule has 0 radical (unpaired) electrons. The highest BCUT2D eigenvalue weighted by molar-refractivity contribution is 7.18. The van der Waals surface area contributed by atoms with Crippen LogP contribution in [0.1, 0.15) is 0 Å². The Hall–Kier alpha value is -2.00. The molecule has 0 aliphatic rings. The summed E-state index contributed by atoms with van der Waals surface area (Å²) in [5, 5.41) is 0.954. The molecule has 0 saturated carbocycles. The van der Waals surface area contributed by atoms with Gasteiger partial charge >= 0.3 is 0 Å². The van der Waals surface area contributed by atoms with Gasteiger partial charge in [0.1, 0.15) is 10.8 Å². The van der Waals surface area contributed by atoms with Gasteiger partial charge in [-0.1, -0.05) is 42.5 Å². The van der Waals surface area contributed by atoms with Gasteiger partial charge in [0.15, 0.2) is 0 Å². The summed E-state index contributed by atoms with van der Waals surface area (Å²) in [5.74, 6) is -0.220. The number of hydrogen-bond donors (Lipinski definition) is 0. The lowest BCUT2D eigenvalue weighted by Gasteiger charge is -1.96. The van der Waals surface area contributed by atoms with E-state index in [9.17, 15) is 4.39 Å². The Balaban J connectivity index is 2.00. The van der Waals surface area contributed by atoms with E-state index in [0.717, 1.165) is 21.0 Å². The third-order valence-electron chi connectivity index (χ3n) is 2.64. The molecule has 1 nitrogen and oxygen atoms in total. The largest absolute Gasteiger partial charge is 0.244 e. The Morgan fingerprint density at radius 2 is 1.67 bits per heavy atom. The predicted octanol–water partition coefficient (Wildman–Crippen LogP) is 4.62. The first-order chi connectivity index (χ1) is 8.83. The van der Waals surface area contributed by atoms with Crippen molar-refractivity contribution in [2.45, 2.75) is 0 Å². The fraction of sp³-hybridized carbons (Fsp3) is 0. The maximum Gasteiger partial charge on any atom is 0.123 e. The van der Waals surface area contributed by atoms with Crippen molar-refractivity contribution in [1.29, 1.82) is 0 Å². The van der Waals surface area contributed by atoms with Crippen molar-refractivity contribution < 1.29 is 4.39 Å². The molecule has 0 bridgehead atoms. The van der Waals surface area contributed by atoms with Crippen molar-refractivity contribution in [3.8, 4) is 21.0 Å². The zero-order valence-corrected chi connectivity index (χ0v) is 10.3. The average Bonchev–Trinajstić information content (AvgIpc) is 2.89. The summed E-state index contributed by atoms with van der Waals surface area (Å²) >= 11 is 1.57. The first kappa shape index (κ1) is 11.1. The third-order valence-corrected chi connectivity index (χ3v) is 3.73. The molecule has 0 saturated heterocycles. The molecule has 0 N–H and O–H groups in total. The number of aromatic nitrogens is 1. The highest BCUT2D eigenvalue weighted by atomic mass is 32.1. The van der Waals surface area contributed by atoms with Crippen molar-refractivity contribution in [2.24, 2.45) is 0 Å². The molecule has 1 aromatic heterocycles. The van der Waals surface area contributed by atoms with Crippen LogP contribution in [0.5, 0.6) is 0 Å². The molecule has 0 fully saturated rings. The van der Waals surface area contributed by atoms with E-state index in [0.29, 0.717) is 0 Å². The smallest absolute Gasteiger partial charge is 0.123 e. The Bertz CT molecular complexity index is 661. The lowest BCUT2D eigenvalue weighted by molar-refractivity contribution is 0.628. The fourth-order valence-corrected chi connectivity index (χ4v) is 2.68. The van der Waals surface area contributed by atoms with E-state index in [1.807, 2.05) is 36.4 Å². The van der Waals surface area contributed by atoms with Crippen LogP contribution < -0.4 is 0 Å². The van der Waals surface area contributed by atoms with Crippen molar-refractivity contribution in [3.63, 3.8) is 0 Å². The SMILES string of the molecule is Fc1cccc(-c2cnc(-c3ccccc3)s2)c1. The summed E-state index contributed by atoms with van der Waals surface area (Å²) in [6.45, 7) is 0. The zero-order chi connectivity index (χ0) is 12.4. The molecule has 18 heavy (non-hydrogen) atoms. The van der Waals surface area contributed by atoms with Gasteiger partial charge in [-0.2, -0.15) is 0 Å². The summed E-state index contributed by atoms with van der Waals surface area (Å²) in [6, 6.07) is 16.6. The van der Waals surface area contributed by atoms with Gasteiger partial charge < -0.3 is 0 Å². The maximum absolute atomic E-state index is 13.2. The minimum Gasteiger partial charge on any atom is -0.244 e. The minimum absolute atomic E-state index is 0.220. The molecule has 0 spiro atoms. The Morgan fingerprint density at radius 1 is 0.889 bits per heavy atom. The lowest BCUT2D eigenvalue weighted by atomic mass is 10.2. The van der Waals surface area contributed by atoms with Crippen molar-refractivity contribution >= 4 is 11.3 Å². The number of thiazole rings is 1. The number of nitrogens with zero attached hydrogens (tertiary/aromatic N) is 1. The molecule has 0 unspecified atom stereocenters. The molecule has 1 heterocycles. The van der Waals surface area contributed by atoms with Gasteiger partial charge in [-0.05, 0) is 17.7 Å². The Morgan fingerprint density at radius 3 is 2.44 bits per heavy atom. The lowest BCUT2D eigenvalue weighted by Crippen LogP contribution is -1.74. The highest BCUT2D eigenvalue weighted by Crippen LogP contribution is 2.31. The van der Waals surface area contributed by atoms with Crippen LogP contribution in [0.25, 0.3) is 21.0 Å². The number of rotatable bonds is 2. The molecule has 3 heteroatoms. The molecule has 0 atom stereocenters. The monoisotopic (exact) mass is 255 g/mol. The molecule has 0 aliphatic carbocycles. The summed E-state index contributed by atoms with van der Waals surface area (Å²) in [4.78, 5) is 5.37. The van der Waals surface area contributed by atoms with E-state index in [1.165, 1.54) is 12.1 Å². The molecular weight excluding hydrogens is 245 g/mol. The Kier molecular flexibility index (Phi) is 2.90. The second kappa shape index (κ2) is 4.70. The maximum atomic E-state index is 13.2. The van der Waals surface area contributed by atoms with Crippen LogP contribution in [0.3, 0.4) is 0 Å². The van der Waals surface area contributed by atoms with Crippen LogP contribution in [-0.4, -0.2) is 4.98 Å². The molecule has 2 aromatic carbocycles. The van der Waals surface area contributed by atoms with Gasteiger partial charge in [-0.3, -0.25) is 0 Å². The van der Waals surface area contributed by atoms with Crippen LogP contribution in [0.15, 0.2) is 60.8 Å². The molecule has 0 aliphatic heterocycles. The normalized spacial score (nSPS) is 10.5. The van der Waals surface area contributed by atoms with Crippen molar-refractivity contribution in [3.05, 3.63) is 66.6 Å². The minimum atomic E-state index is -0.220. The quantitative estimate of drug-likeness (QED) is 0.651. The highest BCUT2D eigenvalue weighted by Gasteiger charge is 2.06. The summed E-state index contributed by atoms with van der Waals surface area (Å²) in [5.41, 5.74) is 1.96. The predicted molar refractivity (Wildman–Crippen MR) is 72.9 cm³/mol. The standard InChI is InChI=1S/C15H10FNS/c16-13-8-4-7-12(9-13)14-10-17-15(18-14)11-5-2-1-3-6-11/h1-10H.